The lowest BCUT2D eigenvalue weighted by atomic mass is 9.99. The Morgan fingerprint density at radius 3 is 2.23 bits per heavy atom. The van der Waals surface area contributed by atoms with Gasteiger partial charge in [-0.1, -0.05) is 25.1 Å². The Kier molecular flexibility index (Phi) is 5.70. The minimum absolute atomic E-state index is 0.429. The number of nitrogens with one attached hydrogen (secondary N) is 1. The molecule has 30 heavy (non-hydrogen) atoms. The van der Waals surface area contributed by atoms with E-state index in [2.05, 4.69) is 27.3 Å². The van der Waals surface area contributed by atoms with Crippen LogP contribution in [0.1, 0.15) is 30.1 Å². The number of hydrogen-bond donors (Lipinski definition) is 1. The number of carbonyl (C=O) groups is 1. The van der Waals surface area contributed by atoms with E-state index in [9.17, 15) is 13.6 Å². The molecule has 1 aliphatic heterocycles. The molecule has 1 aliphatic rings. The number of aromatic nitrogens is 2. The molecule has 3 aromatic rings. The Hall–Kier alpha value is -3.35. The molecule has 4 rings (SSSR count). The molecule has 0 unspecified atom stereocenters. The predicted octanol–water partition coefficient (Wildman–Crippen LogP) is 4.91. The van der Waals surface area contributed by atoms with Crippen LogP contribution in [0.15, 0.2) is 54.6 Å². The van der Waals surface area contributed by atoms with E-state index in [-0.39, 0.29) is 0 Å². The van der Waals surface area contributed by atoms with Crippen molar-refractivity contribution in [1.82, 2.24) is 10.2 Å². The van der Waals surface area contributed by atoms with Crippen LogP contribution in [-0.2, 0) is 0 Å². The number of piperidine rings is 1. The van der Waals surface area contributed by atoms with Crippen LogP contribution in [0.5, 0.6) is 0 Å². The Bertz CT molecular complexity index is 1010. The van der Waals surface area contributed by atoms with Crippen molar-refractivity contribution in [1.29, 1.82) is 0 Å². The molecule has 0 spiro atoms. The standard InChI is InChI=1S/C23H22F2N4O/c1-15-11-13-29(14-12-15)21-10-9-20(27-28-21)16-5-7-17(8-6-16)26-23(30)22-18(24)3-2-4-19(22)25/h2-10,15H,11-14H2,1H3,(H,26,30). The van der Waals surface area contributed by atoms with E-state index in [1.807, 2.05) is 12.1 Å². The number of halogens is 2. The highest BCUT2D eigenvalue weighted by atomic mass is 19.1. The molecular weight excluding hydrogens is 386 g/mol. The minimum atomic E-state index is -0.900. The fourth-order valence-corrected chi connectivity index (χ4v) is 3.52. The predicted molar refractivity (Wildman–Crippen MR) is 112 cm³/mol. The first kappa shape index (κ1) is 19.9. The summed E-state index contributed by atoms with van der Waals surface area (Å²) in [6, 6.07) is 14.1. The Morgan fingerprint density at radius 2 is 1.63 bits per heavy atom. The van der Waals surface area contributed by atoms with Crippen LogP contribution < -0.4 is 10.2 Å². The number of anilines is 2. The summed E-state index contributed by atoms with van der Waals surface area (Å²) in [4.78, 5) is 14.4. The molecule has 0 radical (unpaired) electrons. The van der Waals surface area contributed by atoms with Crippen LogP contribution in [-0.4, -0.2) is 29.2 Å². The van der Waals surface area contributed by atoms with Crippen LogP contribution in [0, 0.1) is 17.6 Å². The van der Waals surface area contributed by atoms with Crippen LogP contribution in [0.2, 0.25) is 0 Å². The summed E-state index contributed by atoms with van der Waals surface area (Å²) in [6.45, 7) is 4.25. The largest absolute Gasteiger partial charge is 0.355 e. The molecule has 0 bridgehead atoms. The van der Waals surface area contributed by atoms with Gasteiger partial charge in [-0.2, -0.15) is 0 Å². The summed E-state index contributed by atoms with van der Waals surface area (Å²) in [7, 11) is 0. The highest BCUT2D eigenvalue weighted by Gasteiger charge is 2.18. The van der Waals surface area contributed by atoms with Gasteiger partial charge in [0, 0.05) is 24.3 Å². The fourth-order valence-electron chi connectivity index (χ4n) is 3.52. The molecule has 1 saturated heterocycles. The van der Waals surface area contributed by atoms with Crippen LogP contribution >= 0.6 is 0 Å². The topological polar surface area (TPSA) is 58.1 Å². The first-order valence-electron chi connectivity index (χ1n) is 9.96. The first-order valence-corrected chi connectivity index (χ1v) is 9.96. The molecule has 0 atom stereocenters. The lowest BCUT2D eigenvalue weighted by molar-refractivity contribution is 0.101. The molecule has 2 aromatic carbocycles. The normalized spacial score (nSPS) is 14.6. The Labute approximate surface area is 173 Å². The van der Waals surface area contributed by atoms with Gasteiger partial charge in [-0.3, -0.25) is 4.79 Å². The van der Waals surface area contributed by atoms with E-state index in [0.29, 0.717) is 11.4 Å². The molecule has 1 N–H and O–H groups in total. The average Bonchev–Trinajstić information content (AvgIpc) is 2.75. The van der Waals surface area contributed by atoms with Gasteiger partial charge in [-0.05, 0) is 55.2 Å². The summed E-state index contributed by atoms with van der Waals surface area (Å²) >= 11 is 0. The first-order chi connectivity index (χ1) is 14.5. The molecule has 1 fully saturated rings. The van der Waals surface area contributed by atoms with E-state index in [1.54, 1.807) is 24.3 Å². The summed E-state index contributed by atoms with van der Waals surface area (Å²) in [5.74, 6) is -1.01. The van der Waals surface area contributed by atoms with Crippen molar-refractivity contribution < 1.29 is 13.6 Å². The Balaban J connectivity index is 1.44. The van der Waals surface area contributed by atoms with E-state index in [0.717, 1.165) is 55.4 Å². The molecule has 1 amide bonds. The SMILES string of the molecule is CC1CCN(c2ccc(-c3ccc(NC(=O)c4c(F)cccc4F)cc3)nn2)CC1. The molecule has 0 aliphatic carbocycles. The van der Waals surface area contributed by atoms with Crippen molar-refractivity contribution in [3.63, 3.8) is 0 Å². The lowest BCUT2D eigenvalue weighted by Crippen LogP contribution is -2.33. The maximum absolute atomic E-state index is 13.8. The van der Waals surface area contributed by atoms with Crippen molar-refractivity contribution in [3.8, 4) is 11.3 Å². The molecule has 5 nitrogen and oxygen atoms in total. The monoisotopic (exact) mass is 408 g/mol. The summed E-state index contributed by atoms with van der Waals surface area (Å²) in [5, 5.41) is 11.2. The summed E-state index contributed by atoms with van der Waals surface area (Å²) in [5.41, 5.74) is 1.37. The smallest absolute Gasteiger partial charge is 0.261 e. The third-order valence-corrected chi connectivity index (χ3v) is 5.39. The number of amides is 1. The van der Waals surface area contributed by atoms with Crippen molar-refractivity contribution in [2.45, 2.75) is 19.8 Å². The van der Waals surface area contributed by atoms with Crippen LogP contribution in [0.4, 0.5) is 20.3 Å². The zero-order chi connectivity index (χ0) is 21.1. The van der Waals surface area contributed by atoms with Crippen molar-refractivity contribution in [2.75, 3.05) is 23.3 Å². The quantitative estimate of drug-likeness (QED) is 0.666. The van der Waals surface area contributed by atoms with Gasteiger partial charge < -0.3 is 10.2 Å². The van der Waals surface area contributed by atoms with Gasteiger partial charge in [0.1, 0.15) is 17.2 Å². The van der Waals surface area contributed by atoms with Crippen LogP contribution in [0.25, 0.3) is 11.3 Å². The maximum Gasteiger partial charge on any atom is 0.261 e. The second-order valence-corrected chi connectivity index (χ2v) is 7.57. The Morgan fingerprint density at radius 1 is 0.967 bits per heavy atom. The van der Waals surface area contributed by atoms with E-state index in [4.69, 9.17) is 0 Å². The molecule has 2 heterocycles. The molecule has 7 heteroatoms. The van der Waals surface area contributed by atoms with Gasteiger partial charge >= 0.3 is 0 Å². The van der Waals surface area contributed by atoms with E-state index in [1.165, 1.54) is 6.07 Å². The third kappa shape index (κ3) is 4.30. The van der Waals surface area contributed by atoms with Gasteiger partial charge in [0.25, 0.3) is 5.91 Å². The van der Waals surface area contributed by atoms with Gasteiger partial charge in [0.2, 0.25) is 0 Å². The second kappa shape index (κ2) is 8.57. The highest BCUT2D eigenvalue weighted by Crippen LogP contribution is 2.24. The maximum atomic E-state index is 13.8. The van der Waals surface area contributed by atoms with Gasteiger partial charge in [-0.25, -0.2) is 8.78 Å². The summed E-state index contributed by atoms with van der Waals surface area (Å²) in [6.07, 6.45) is 2.32. The molecule has 154 valence electrons. The number of nitrogens with zero attached hydrogens (tertiary/aromatic N) is 3. The lowest BCUT2D eigenvalue weighted by Gasteiger charge is -2.30. The minimum Gasteiger partial charge on any atom is -0.355 e. The van der Waals surface area contributed by atoms with Gasteiger partial charge in [0.05, 0.1) is 5.69 Å². The molecule has 1 aromatic heterocycles. The van der Waals surface area contributed by atoms with Crippen molar-refractivity contribution in [2.24, 2.45) is 5.92 Å². The fraction of sp³-hybridized carbons (Fsp3) is 0.261. The zero-order valence-electron chi connectivity index (χ0n) is 16.6. The molecular formula is C23H22F2N4O. The van der Waals surface area contributed by atoms with Gasteiger partial charge in [-0.15, -0.1) is 10.2 Å². The summed E-state index contributed by atoms with van der Waals surface area (Å²) < 4.78 is 27.5. The van der Waals surface area contributed by atoms with Gasteiger partial charge in [0.15, 0.2) is 5.82 Å². The highest BCUT2D eigenvalue weighted by molar-refractivity contribution is 6.04. The van der Waals surface area contributed by atoms with Crippen molar-refractivity contribution in [3.05, 3.63) is 71.8 Å². The number of hydrogen-bond acceptors (Lipinski definition) is 4. The molecule has 0 saturated carbocycles. The average molecular weight is 408 g/mol. The van der Waals surface area contributed by atoms with E-state index < -0.39 is 23.1 Å². The number of carbonyl (C=O) groups excluding carboxylic acids is 1. The zero-order valence-corrected chi connectivity index (χ0v) is 16.6. The van der Waals surface area contributed by atoms with E-state index >= 15 is 0 Å². The van der Waals surface area contributed by atoms with Crippen LogP contribution in [0.3, 0.4) is 0 Å². The number of rotatable bonds is 4. The number of benzene rings is 2. The second-order valence-electron chi connectivity index (χ2n) is 7.57. The van der Waals surface area contributed by atoms with Crippen molar-refractivity contribution >= 4 is 17.4 Å². The third-order valence-electron chi connectivity index (χ3n) is 5.39.